The Kier molecular flexibility index (Phi) is 7.59. The Morgan fingerprint density at radius 1 is 0.311 bits per heavy atom. The molecule has 1 nitrogen and oxygen atoms in total. The predicted octanol–water partition coefficient (Wildman–Crippen LogP) is 11.9. The quantitative estimate of drug-likeness (QED) is 0.195. The van der Waals surface area contributed by atoms with E-state index < -0.39 is 0 Å². The third-order valence-electron chi connectivity index (χ3n) is 8.61. The summed E-state index contributed by atoms with van der Waals surface area (Å²) in [6.45, 7) is 4.25. The van der Waals surface area contributed by atoms with Gasteiger partial charge in [0.1, 0.15) is 0 Å². The molecule has 0 radical (unpaired) electrons. The Bertz CT molecular complexity index is 1940. The summed E-state index contributed by atoms with van der Waals surface area (Å²) in [6.07, 6.45) is 0. The van der Waals surface area contributed by atoms with Crippen LogP contribution in [0.3, 0.4) is 0 Å². The van der Waals surface area contributed by atoms with Crippen molar-refractivity contribution < 1.29 is 0 Å². The van der Waals surface area contributed by atoms with Gasteiger partial charge >= 0.3 is 0 Å². The topological polar surface area (TPSA) is 26.0 Å². The standard InChI is InChI=1S/C44H35N/c1-30-8-12-33(13-9-30)35-16-20-37(21-17-35)42-28-40(32-6-4-3-5-7-32)29-43(44(42)39-24-26-41(45)27-25-39)38-22-18-36(19-23-38)34-14-10-31(2)11-15-34/h3-29H,45H2,1-2H3. The summed E-state index contributed by atoms with van der Waals surface area (Å²) in [5.41, 5.74) is 23.7. The summed E-state index contributed by atoms with van der Waals surface area (Å²) in [7, 11) is 0. The van der Waals surface area contributed by atoms with Crippen molar-refractivity contribution in [1.29, 1.82) is 0 Å². The maximum Gasteiger partial charge on any atom is 0.0314 e. The molecule has 1 heteroatoms. The molecule has 0 aliphatic heterocycles. The molecule has 7 aromatic carbocycles. The molecule has 0 atom stereocenters. The zero-order chi connectivity index (χ0) is 30.8. The number of rotatable bonds is 6. The van der Waals surface area contributed by atoms with Crippen molar-refractivity contribution in [3.63, 3.8) is 0 Å². The molecule has 45 heavy (non-hydrogen) atoms. The van der Waals surface area contributed by atoms with Crippen LogP contribution in [0.4, 0.5) is 5.69 Å². The Labute approximate surface area is 266 Å². The first-order chi connectivity index (χ1) is 22.0. The van der Waals surface area contributed by atoms with E-state index in [1.54, 1.807) is 0 Å². The average Bonchev–Trinajstić information content (AvgIpc) is 3.09. The summed E-state index contributed by atoms with van der Waals surface area (Å²) >= 11 is 0. The SMILES string of the molecule is Cc1ccc(-c2ccc(-c3cc(-c4ccccc4)cc(-c4ccc(-c5ccc(C)cc5)cc4)c3-c3ccc(N)cc3)cc2)cc1. The van der Waals surface area contributed by atoms with Crippen molar-refractivity contribution in [2.24, 2.45) is 0 Å². The van der Waals surface area contributed by atoms with Crippen LogP contribution in [0.5, 0.6) is 0 Å². The highest BCUT2D eigenvalue weighted by atomic mass is 14.5. The number of nitrogens with two attached hydrogens (primary N) is 1. The number of nitrogen functional groups attached to an aromatic ring is 1. The minimum Gasteiger partial charge on any atom is -0.399 e. The van der Waals surface area contributed by atoms with Crippen LogP contribution in [0.25, 0.3) is 66.8 Å². The predicted molar refractivity (Wildman–Crippen MR) is 193 cm³/mol. The molecule has 0 aromatic heterocycles. The van der Waals surface area contributed by atoms with Crippen LogP contribution >= 0.6 is 0 Å². The van der Waals surface area contributed by atoms with Gasteiger partial charge in [-0.2, -0.15) is 0 Å². The molecule has 0 saturated carbocycles. The van der Waals surface area contributed by atoms with Gasteiger partial charge < -0.3 is 5.73 Å². The zero-order valence-electron chi connectivity index (χ0n) is 25.7. The second kappa shape index (κ2) is 12.1. The van der Waals surface area contributed by atoms with Crippen molar-refractivity contribution in [3.8, 4) is 66.8 Å². The molecule has 0 amide bonds. The highest BCUT2D eigenvalue weighted by Crippen LogP contribution is 2.44. The molecule has 7 aromatic rings. The first-order valence-corrected chi connectivity index (χ1v) is 15.5. The number of hydrogen-bond donors (Lipinski definition) is 1. The lowest BCUT2D eigenvalue weighted by Crippen LogP contribution is -1.94. The van der Waals surface area contributed by atoms with E-state index in [1.807, 2.05) is 12.1 Å². The van der Waals surface area contributed by atoms with E-state index in [-0.39, 0.29) is 0 Å². The third-order valence-corrected chi connectivity index (χ3v) is 8.61. The maximum atomic E-state index is 6.17. The van der Waals surface area contributed by atoms with E-state index in [4.69, 9.17) is 5.73 Å². The van der Waals surface area contributed by atoms with Crippen molar-refractivity contribution in [3.05, 3.63) is 175 Å². The van der Waals surface area contributed by atoms with Crippen LogP contribution in [0.2, 0.25) is 0 Å². The number of benzene rings is 7. The van der Waals surface area contributed by atoms with Crippen LogP contribution in [0.1, 0.15) is 11.1 Å². The van der Waals surface area contributed by atoms with Gasteiger partial charge in [0.05, 0.1) is 0 Å². The zero-order valence-corrected chi connectivity index (χ0v) is 25.7. The highest BCUT2D eigenvalue weighted by molar-refractivity contribution is 5.98. The fourth-order valence-corrected chi connectivity index (χ4v) is 6.03. The molecular formula is C44H35N. The van der Waals surface area contributed by atoms with Crippen molar-refractivity contribution >= 4 is 5.69 Å². The summed E-state index contributed by atoms with van der Waals surface area (Å²) in [5, 5.41) is 0. The molecule has 0 spiro atoms. The molecule has 0 aliphatic rings. The Hall–Kier alpha value is -5.66. The van der Waals surface area contributed by atoms with Crippen LogP contribution in [-0.4, -0.2) is 0 Å². The molecular weight excluding hydrogens is 542 g/mol. The molecule has 2 N–H and O–H groups in total. The van der Waals surface area contributed by atoms with Gasteiger partial charge in [-0.1, -0.05) is 151 Å². The minimum atomic E-state index is 0.757. The second-order valence-corrected chi connectivity index (χ2v) is 11.8. The third kappa shape index (κ3) is 5.94. The number of hydrogen-bond acceptors (Lipinski definition) is 1. The maximum absolute atomic E-state index is 6.17. The normalized spacial score (nSPS) is 11.0. The van der Waals surface area contributed by atoms with Gasteiger partial charge in [-0.3, -0.25) is 0 Å². The summed E-state index contributed by atoms with van der Waals surface area (Å²) < 4.78 is 0. The smallest absolute Gasteiger partial charge is 0.0314 e. The van der Waals surface area contributed by atoms with E-state index >= 15 is 0 Å². The van der Waals surface area contributed by atoms with Crippen molar-refractivity contribution in [2.75, 3.05) is 5.73 Å². The fourth-order valence-electron chi connectivity index (χ4n) is 6.03. The van der Waals surface area contributed by atoms with Crippen LogP contribution in [0, 0.1) is 13.8 Å². The molecule has 0 aliphatic carbocycles. The van der Waals surface area contributed by atoms with Gasteiger partial charge in [0.15, 0.2) is 0 Å². The number of anilines is 1. The average molecular weight is 578 g/mol. The Morgan fingerprint density at radius 2 is 0.644 bits per heavy atom. The van der Waals surface area contributed by atoms with Gasteiger partial charge in [0, 0.05) is 5.69 Å². The first kappa shape index (κ1) is 28.1. The van der Waals surface area contributed by atoms with Crippen molar-refractivity contribution in [2.45, 2.75) is 13.8 Å². The van der Waals surface area contributed by atoms with Crippen LogP contribution in [0.15, 0.2) is 164 Å². The highest BCUT2D eigenvalue weighted by Gasteiger charge is 2.18. The van der Waals surface area contributed by atoms with E-state index in [9.17, 15) is 0 Å². The lowest BCUT2D eigenvalue weighted by Gasteiger charge is -2.20. The van der Waals surface area contributed by atoms with E-state index in [0.29, 0.717) is 0 Å². The summed E-state index contributed by atoms with van der Waals surface area (Å²) in [6, 6.07) is 59.0. The number of aryl methyl sites for hydroxylation is 2. The lowest BCUT2D eigenvalue weighted by molar-refractivity contribution is 1.47. The summed E-state index contributed by atoms with van der Waals surface area (Å²) in [4.78, 5) is 0. The molecule has 0 unspecified atom stereocenters. The molecule has 0 saturated heterocycles. The van der Waals surface area contributed by atoms with Gasteiger partial charge in [-0.25, -0.2) is 0 Å². The largest absolute Gasteiger partial charge is 0.399 e. The van der Waals surface area contributed by atoms with Gasteiger partial charge in [-0.05, 0) is 105 Å². The Morgan fingerprint density at radius 3 is 1.07 bits per heavy atom. The van der Waals surface area contributed by atoms with E-state index in [0.717, 1.165) is 11.3 Å². The van der Waals surface area contributed by atoms with Gasteiger partial charge in [-0.15, -0.1) is 0 Å². The monoisotopic (exact) mass is 577 g/mol. The van der Waals surface area contributed by atoms with E-state index in [2.05, 4.69) is 166 Å². The van der Waals surface area contributed by atoms with Crippen molar-refractivity contribution in [1.82, 2.24) is 0 Å². The van der Waals surface area contributed by atoms with Crippen LogP contribution in [-0.2, 0) is 0 Å². The van der Waals surface area contributed by atoms with Crippen LogP contribution < -0.4 is 5.73 Å². The fraction of sp³-hybridized carbons (Fsp3) is 0.0455. The van der Waals surface area contributed by atoms with Gasteiger partial charge in [0.2, 0.25) is 0 Å². The Balaban J connectivity index is 1.43. The molecule has 0 heterocycles. The first-order valence-electron chi connectivity index (χ1n) is 15.5. The molecule has 7 rings (SSSR count). The summed E-state index contributed by atoms with van der Waals surface area (Å²) in [5.74, 6) is 0. The minimum absolute atomic E-state index is 0.757. The second-order valence-electron chi connectivity index (χ2n) is 11.8. The van der Waals surface area contributed by atoms with E-state index in [1.165, 1.54) is 72.3 Å². The lowest BCUT2D eigenvalue weighted by atomic mass is 9.84. The molecule has 0 fully saturated rings. The van der Waals surface area contributed by atoms with Gasteiger partial charge in [0.25, 0.3) is 0 Å². The molecule has 216 valence electrons. The molecule has 0 bridgehead atoms.